The third-order valence-corrected chi connectivity index (χ3v) is 5.30. The van der Waals surface area contributed by atoms with E-state index in [-0.39, 0.29) is 5.91 Å². The Kier molecular flexibility index (Phi) is 7.68. The van der Waals surface area contributed by atoms with E-state index >= 15 is 0 Å². The first-order chi connectivity index (χ1) is 12.6. The molecule has 0 aromatic heterocycles. The van der Waals surface area contributed by atoms with Gasteiger partial charge in [-0.2, -0.15) is 0 Å². The number of nitrogens with zero attached hydrogens (tertiary/aromatic N) is 4. The van der Waals surface area contributed by atoms with Gasteiger partial charge >= 0.3 is 0 Å². The van der Waals surface area contributed by atoms with Crippen LogP contribution in [0.5, 0.6) is 0 Å². The molecule has 2 rings (SSSR count). The molecule has 152 valence electrons. The van der Waals surface area contributed by atoms with E-state index in [2.05, 4.69) is 59.7 Å². The Bertz CT molecular complexity index is 583. The molecule has 0 aliphatic carbocycles. The highest BCUT2D eigenvalue weighted by Crippen LogP contribution is 2.19. The maximum Gasteiger partial charge on any atom is 0.236 e. The zero-order valence-corrected chi connectivity index (χ0v) is 18.2. The summed E-state index contributed by atoms with van der Waals surface area (Å²) in [5.74, 6) is 0.204. The van der Waals surface area contributed by atoms with Gasteiger partial charge in [-0.05, 0) is 36.1 Å². The molecule has 27 heavy (non-hydrogen) atoms. The number of amides is 1. The molecule has 1 saturated heterocycles. The van der Waals surface area contributed by atoms with Gasteiger partial charge in [0, 0.05) is 59.6 Å². The molecule has 1 aliphatic heterocycles. The summed E-state index contributed by atoms with van der Waals surface area (Å²) in [6, 6.07) is 8.41. The lowest BCUT2D eigenvalue weighted by molar-refractivity contribution is -0.132. The maximum atomic E-state index is 12.6. The van der Waals surface area contributed by atoms with E-state index < -0.39 is 0 Å². The van der Waals surface area contributed by atoms with Crippen molar-refractivity contribution in [1.82, 2.24) is 14.7 Å². The Morgan fingerprint density at radius 1 is 0.963 bits per heavy atom. The molecule has 0 saturated carbocycles. The minimum absolute atomic E-state index is 0.204. The van der Waals surface area contributed by atoms with Crippen LogP contribution in [0, 0.1) is 5.41 Å². The van der Waals surface area contributed by atoms with Gasteiger partial charge < -0.3 is 14.7 Å². The SMILES string of the molecule is CN(Cc1ccc(N(C)C)cc1)C(=O)CN1CCN(CCC(C)(C)C)CC1. The molecule has 0 atom stereocenters. The van der Waals surface area contributed by atoms with Crippen LogP contribution in [-0.2, 0) is 11.3 Å². The molecule has 1 aromatic carbocycles. The Morgan fingerprint density at radius 2 is 1.52 bits per heavy atom. The molecule has 0 bridgehead atoms. The number of hydrogen-bond donors (Lipinski definition) is 0. The number of hydrogen-bond acceptors (Lipinski definition) is 4. The largest absolute Gasteiger partial charge is 0.378 e. The quantitative estimate of drug-likeness (QED) is 0.734. The predicted molar refractivity (Wildman–Crippen MR) is 114 cm³/mol. The number of piperazine rings is 1. The van der Waals surface area contributed by atoms with Crippen molar-refractivity contribution in [3.63, 3.8) is 0 Å². The van der Waals surface area contributed by atoms with Crippen LogP contribution in [0.15, 0.2) is 24.3 Å². The fraction of sp³-hybridized carbons (Fsp3) is 0.682. The van der Waals surface area contributed by atoms with Crippen LogP contribution in [0.4, 0.5) is 5.69 Å². The lowest BCUT2D eigenvalue weighted by atomic mass is 9.92. The van der Waals surface area contributed by atoms with Crippen LogP contribution in [0.25, 0.3) is 0 Å². The number of rotatable bonds is 7. The number of carbonyl (C=O) groups excluding carboxylic acids is 1. The summed E-state index contributed by atoms with van der Waals surface area (Å²) >= 11 is 0. The van der Waals surface area contributed by atoms with Crippen molar-refractivity contribution in [3.05, 3.63) is 29.8 Å². The normalized spacial score (nSPS) is 16.4. The van der Waals surface area contributed by atoms with Crippen molar-refractivity contribution < 1.29 is 4.79 Å². The average Bonchev–Trinajstić information content (AvgIpc) is 2.61. The third kappa shape index (κ3) is 7.51. The van der Waals surface area contributed by atoms with Crippen LogP contribution in [0.3, 0.4) is 0 Å². The molecule has 1 aromatic rings. The third-order valence-electron chi connectivity index (χ3n) is 5.30. The lowest BCUT2D eigenvalue weighted by Crippen LogP contribution is -2.50. The van der Waals surface area contributed by atoms with Crippen molar-refractivity contribution in [2.75, 3.05) is 65.3 Å². The van der Waals surface area contributed by atoms with Gasteiger partial charge in [-0.15, -0.1) is 0 Å². The van der Waals surface area contributed by atoms with Gasteiger partial charge in [0.2, 0.25) is 5.91 Å². The molecule has 5 heteroatoms. The first-order valence-corrected chi connectivity index (χ1v) is 10.1. The summed E-state index contributed by atoms with van der Waals surface area (Å²) < 4.78 is 0. The molecule has 0 unspecified atom stereocenters. The molecular weight excluding hydrogens is 336 g/mol. The molecule has 1 amide bonds. The molecule has 5 nitrogen and oxygen atoms in total. The van der Waals surface area contributed by atoms with Crippen molar-refractivity contribution in [2.24, 2.45) is 5.41 Å². The van der Waals surface area contributed by atoms with Gasteiger partial charge in [0.15, 0.2) is 0 Å². The van der Waals surface area contributed by atoms with E-state index in [0.717, 1.165) is 32.7 Å². The zero-order valence-electron chi connectivity index (χ0n) is 18.2. The second-order valence-corrected chi connectivity index (χ2v) is 9.24. The Morgan fingerprint density at radius 3 is 2.04 bits per heavy atom. The Balaban J connectivity index is 1.73. The molecule has 0 N–H and O–H groups in total. The van der Waals surface area contributed by atoms with Gasteiger partial charge in [0.05, 0.1) is 6.54 Å². The van der Waals surface area contributed by atoms with Crippen molar-refractivity contribution in [1.29, 1.82) is 0 Å². The molecule has 1 heterocycles. The molecule has 0 spiro atoms. The average molecular weight is 375 g/mol. The first-order valence-electron chi connectivity index (χ1n) is 10.1. The van der Waals surface area contributed by atoms with Gasteiger partial charge in [-0.25, -0.2) is 0 Å². The van der Waals surface area contributed by atoms with E-state index in [1.54, 1.807) is 0 Å². The smallest absolute Gasteiger partial charge is 0.236 e. The minimum atomic E-state index is 0.204. The summed E-state index contributed by atoms with van der Waals surface area (Å²) in [6.45, 7) is 13.4. The monoisotopic (exact) mass is 374 g/mol. The fourth-order valence-electron chi connectivity index (χ4n) is 3.24. The maximum absolute atomic E-state index is 12.6. The lowest BCUT2D eigenvalue weighted by Gasteiger charge is -2.36. The van der Waals surface area contributed by atoms with Gasteiger partial charge in [-0.3, -0.25) is 9.69 Å². The summed E-state index contributed by atoms with van der Waals surface area (Å²) in [4.78, 5) is 21.3. The molecular formula is C22H38N4O. The molecule has 1 fully saturated rings. The van der Waals surface area contributed by atoms with E-state index in [9.17, 15) is 4.79 Å². The number of carbonyl (C=O) groups is 1. The van der Waals surface area contributed by atoms with E-state index in [4.69, 9.17) is 0 Å². The van der Waals surface area contributed by atoms with Crippen LogP contribution in [0.1, 0.15) is 32.8 Å². The van der Waals surface area contributed by atoms with Crippen LogP contribution in [0.2, 0.25) is 0 Å². The minimum Gasteiger partial charge on any atom is -0.378 e. The van der Waals surface area contributed by atoms with Crippen molar-refractivity contribution in [3.8, 4) is 0 Å². The zero-order chi connectivity index (χ0) is 20.0. The number of likely N-dealkylation sites (N-methyl/N-ethyl adjacent to an activating group) is 1. The molecule has 0 radical (unpaired) electrons. The highest BCUT2D eigenvalue weighted by atomic mass is 16.2. The van der Waals surface area contributed by atoms with Crippen LogP contribution >= 0.6 is 0 Å². The number of anilines is 1. The second-order valence-electron chi connectivity index (χ2n) is 9.24. The van der Waals surface area contributed by atoms with E-state index in [0.29, 0.717) is 18.5 Å². The van der Waals surface area contributed by atoms with Crippen molar-refractivity contribution >= 4 is 11.6 Å². The fourth-order valence-corrected chi connectivity index (χ4v) is 3.24. The van der Waals surface area contributed by atoms with Crippen molar-refractivity contribution in [2.45, 2.75) is 33.7 Å². The second kappa shape index (κ2) is 9.56. The molecule has 1 aliphatic rings. The topological polar surface area (TPSA) is 30.0 Å². The summed E-state index contributed by atoms with van der Waals surface area (Å²) in [7, 11) is 5.98. The highest BCUT2D eigenvalue weighted by molar-refractivity contribution is 5.78. The van der Waals surface area contributed by atoms with Crippen LogP contribution < -0.4 is 4.90 Å². The standard InChI is InChI=1S/C22H38N4O/c1-22(2,3)11-12-25-13-15-26(16-14-25)18-21(27)24(6)17-19-7-9-20(10-8-19)23(4)5/h7-10H,11-18H2,1-6H3. The Hall–Kier alpha value is -1.59. The summed E-state index contributed by atoms with van der Waals surface area (Å²) in [5.41, 5.74) is 2.74. The predicted octanol–water partition coefficient (Wildman–Crippen LogP) is 2.76. The van der Waals surface area contributed by atoms with Gasteiger partial charge in [-0.1, -0.05) is 32.9 Å². The Labute approximate surface area is 165 Å². The van der Waals surface area contributed by atoms with Gasteiger partial charge in [0.25, 0.3) is 0 Å². The number of benzene rings is 1. The highest BCUT2D eigenvalue weighted by Gasteiger charge is 2.21. The summed E-state index contributed by atoms with van der Waals surface area (Å²) in [5, 5.41) is 0. The van der Waals surface area contributed by atoms with E-state index in [1.807, 2.05) is 26.0 Å². The first kappa shape index (κ1) is 21.7. The summed E-state index contributed by atoms with van der Waals surface area (Å²) in [6.07, 6.45) is 1.22. The van der Waals surface area contributed by atoms with E-state index in [1.165, 1.54) is 17.7 Å². The van der Waals surface area contributed by atoms with Crippen LogP contribution in [-0.4, -0.2) is 81.0 Å². The van der Waals surface area contributed by atoms with Gasteiger partial charge in [0.1, 0.15) is 0 Å².